The molecule has 0 spiro atoms. The van der Waals surface area contributed by atoms with Crippen LogP contribution in [0, 0.1) is 13.8 Å². The Labute approximate surface area is 154 Å². The van der Waals surface area contributed by atoms with E-state index in [9.17, 15) is 4.79 Å². The number of benzene rings is 2. The van der Waals surface area contributed by atoms with Crippen molar-refractivity contribution in [3.05, 3.63) is 89.2 Å². The summed E-state index contributed by atoms with van der Waals surface area (Å²) in [4.78, 5) is 16.8. The van der Waals surface area contributed by atoms with Crippen LogP contribution in [0.25, 0.3) is 0 Å². The Hall–Kier alpha value is -3.14. The van der Waals surface area contributed by atoms with Crippen LogP contribution in [0.2, 0.25) is 0 Å². The molecule has 3 aromatic rings. The molecule has 1 heterocycles. The van der Waals surface area contributed by atoms with Gasteiger partial charge in [0.05, 0.1) is 6.04 Å². The number of hydrogen-bond donors (Lipinski definition) is 2. The molecule has 0 bridgehead atoms. The van der Waals surface area contributed by atoms with E-state index in [0.29, 0.717) is 5.69 Å². The van der Waals surface area contributed by atoms with E-state index in [1.807, 2.05) is 49.4 Å². The van der Waals surface area contributed by atoms with E-state index < -0.39 is 0 Å². The molecule has 0 aliphatic rings. The summed E-state index contributed by atoms with van der Waals surface area (Å²) in [6.07, 6.45) is 1.65. The SMILES string of the molecule is Cc1ccc(Nc2ccnc(C(=O)NC(C)c3ccccc3)c2)c(C)c1. The number of pyridine rings is 1. The van der Waals surface area contributed by atoms with Crippen LogP contribution in [0.4, 0.5) is 11.4 Å². The Kier molecular flexibility index (Phi) is 5.32. The first-order valence-corrected chi connectivity index (χ1v) is 8.69. The third-order valence-corrected chi connectivity index (χ3v) is 4.30. The fraction of sp³-hybridized carbons (Fsp3) is 0.182. The van der Waals surface area contributed by atoms with Gasteiger partial charge in [-0.2, -0.15) is 0 Å². The van der Waals surface area contributed by atoms with Gasteiger partial charge in [0.1, 0.15) is 5.69 Å². The Morgan fingerprint density at radius 2 is 1.77 bits per heavy atom. The van der Waals surface area contributed by atoms with Crippen molar-refractivity contribution >= 4 is 17.3 Å². The lowest BCUT2D eigenvalue weighted by molar-refractivity contribution is 0.0935. The molecule has 2 N–H and O–H groups in total. The molecular formula is C22H23N3O. The molecular weight excluding hydrogens is 322 g/mol. The maximum absolute atomic E-state index is 12.5. The van der Waals surface area contributed by atoms with E-state index in [1.54, 1.807) is 12.3 Å². The van der Waals surface area contributed by atoms with Crippen molar-refractivity contribution in [3.63, 3.8) is 0 Å². The second kappa shape index (κ2) is 7.83. The minimum absolute atomic E-state index is 0.0820. The quantitative estimate of drug-likeness (QED) is 0.689. The predicted molar refractivity (Wildman–Crippen MR) is 106 cm³/mol. The van der Waals surface area contributed by atoms with Crippen LogP contribution in [0.15, 0.2) is 66.9 Å². The van der Waals surface area contributed by atoms with Crippen LogP contribution in [-0.4, -0.2) is 10.9 Å². The molecule has 1 amide bonds. The topological polar surface area (TPSA) is 54.0 Å². The van der Waals surface area contributed by atoms with Crippen molar-refractivity contribution < 1.29 is 4.79 Å². The zero-order chi connectivity index (χ0) is 18.5. The number of amides is 1. The van der Waals surface area contributed by atoms with E-state index >= 15 is 0 Å². The summed E-state index contributed by atoms with van der Waals surface area (Å²) >= 11 is 0. The van der Waals surface area contributed by atoms with E-state index in [-0.39, 0.29) is 11.9 Å². The highest BCUT2D eigenvalue weighted by Gasteiger charge is 2.13. The van der Waals surface area contributed by atoms with Crippen molar-refractivity contribution in [1.29, 1.82) is 0 Å². The van der Waals surface area contributed by atoms with Crippen LogP contribution in [0.5, 0.6) is 0 Å². The average molecular weight is 345 g/mol. The summed E-state index contributed by atoms with van der Waals surface area (Å²) in [7, 11) is 0. The molecule has 0 aliphatic heterocycles. The predicted octanol–water partition coefficient (Wildman–Crippen LogP) is 4.93. The number of nitrogens with one attached hydrogen (secondary N) is 2. The average Bonchev–Trinajstić information content (AvgIpc) is 2.65. The highest BCUT2D eigenvalue weighted by molar-refractivity contribution is 5.93. The summed E-state index contributed by atoms with van der Waals surface area (Å²) in [5.41, 5.74) is 5.69. The van der Waals surface area contributed by atoms with Gasteiger partial charge in [-0.3, -0.25) is 9.78 Å². The van der Waals surface area contributed by atoms with Gasteiger partial charge in [0.15, 0.2) is 0 Å². The smallest absolute Gasteiger partial charge is 0.270 e. The van der Waals surface area contributed by atoms with E-state index in [1.165, 1.54) is 5.56 Å². The molecule has 1 atom stereocenters. The van der Waals surface area contributed by atoms with Gasteiger partial charge in [-0.15, -0.1) is 0 Å². The van der Waals surface area contributed by atoms with Crippen molar-refractivity contribution in [2.75, 3.05) is 5.32 Å². The zero-order valence-corrected chi connectivity index (χ0v) is 15.3. The number of rotatable bonds is 5. The second-order valence-corrected chi connectivity index (χ2v) is 6.48. The van der Waals surface area contributed by atoms with Crippen molar-refractivity contribution in [1.82, 2.24) is 10.3 Å². The molecule has 0 fully saturated rings. The lowest BCUT2D eigenvalue weighted by Gasteiger charge is -2.15. The maximum atomic E-state index is 12.5. The van der Waals surface area contributed by atoms with Gasteiger partial charge in [-0.1, -0.05) is 48.0 Å². The molecule has 4 nitrogen and oxygen atoms in total. The van der Waals surface area contributed by atoms with Crippen molar-refractivity contribution in [2.45, 2.75) is 26.8 Å². The normalized spacial score (nSPS) is 11.7. The highest BCUT2D eigenvalue weighted by Crippen LogP contribution is 2.22. The van der Waals surface area contributed by atoms with Gasteiger partial charge < -0.3 is 10.6 Å². The minimum Gasteiger partial charge on any atom is -0.355 e. The standard InChI is InChI=1S/C22H23N3O/c1-15-9-10-20(16(2)13-15)25-19-11-12-23-21(14-19)22(26)24-17(3)18-7-5-4-6-8-18/h4-14,17H,1-3H3,(H,23,25)(H,24,26). The van der Waals surface area contributed by atoms with Crippen LogP contribution in [0.3, 0.4) is 0 Å². The molecule has 1 unspecified atom stereocenters. The lowest BCUT2D eigenvalue weighted by Crippen LogP contribution is -2.27. The van der Waals surface area contributed by atoms with Crippen molar-refractivity contribution in [2.24, 2.45) is 0 Å². The number of anilines is 2. The van der Waals surface area contributed by atoms with Gasteiger partial charge in [-0.25, -0.2) is 0 Å². The van der Waals surface area contributed by atoms with Crippen LogP contribution < -0.4 is 10.6 Å². The first-order valence-electron chi connectivity index (χ1n) is 8.69. The molecule has 132 valence electrons. The first-order chi connectivity index (χ1) is 12.5. The Balaban J connectivity index is 1.73. The number of aromatic nitrogens is 1. The summed E-state index contributed by atoms with van der Waals surface area (Å²) in [6.45, 7) is 6.09. The number of aryl methyl sites for hydroxylation is 2. The van der Waals surface area contributed by atoms with Gasteiger partial charge in [0, 0.05) is 17.6 Å². The first kappa shape index (κ1) is 17.7. The molecule has 0 aliphatic carbocycles. The molecule has 4 heteroatoms. The number of hydrogen-bond acceptors (Lipinski definition) is 3. The third-order valence-electron chi connectivity index (χ3n) is 4.30. The van der Waals surface area contributed by atoms with Crippen LogP contribution >= 0.6 is 0 Å². The third kappa shape index (κ3) is 4.28. The summed E-state index contributed by atoms with van der Waals surface area (Å²) in [6, 6.07) is 19.7. The molecule has 0 saturated heterocycles. The number of carbonyl (C=O) groups is 1. The van der Waals surface area contributed by atoms with E-state index in [2.05, 4.69) is 41.6 Å². The molecule has 2 aromatic carbocycles. The summed E-state index contributed by atoms with van der Waals surface area (Å²) in [5.74, 6) is -0.189. The lowest BCUT2D eigenvalue weighted by atomic mass is 10.1. The fourth-order valence-corrected chi connectivity index (χ4v) is 2.84. The maximum Gasteiger partial charge on any atom is 0.270 e. The monoisotopic (exact) mass is 345 g/mol. The largest absolute Gasteiger partial charge is 0.355 e. The van der Waals surface area contributed by atoms with Crippen LogP contribution in [0.1, 0.15) is 40.1 Å². The Morgan fingerprint density at radius 1 is 1.00 bits per heavy atom. The molecule has 0 radical (unpaired) electrons. The van der Waals surface area contributed by atoms with Gasteiger partial charge in [0.25, 0.3) is 5.91 Å². The fourth-order valence-electron chi connectivity index (χ4n) is 2.84. The van der Waals surface area contributed by atoms with Gasteiger partial charge in [0.2, 0.25) is 0 Å². The molecule has 1 aromatic heterocycles. The Bertz CT molecular complexity index is 906. The van der Waals surface area contributed by atoms with Gasteiger partial charge in [-0.05, 0) is 50.1 Å². The van der Waals surface area contributed by atoms with E-state index in [4.69, 9.17) is 0 Å². The minimum atomic E-state index is -0.189. The molecule has 3 rings (SSSR count). The molecule has 26 heavy (non-hydrogen) atoms. The Morgan fingerprint density at radius 3 is 2.50 bits per heavy atom. The van der Waals surface area contributed by atoms with E-state index in [0.717, 1.165) is 22.5 Å². The summed E-state index contributed by atoms with van der Waals surface area (Å²) in [5, 5.41) is 6.35. The van der Waals surface area contributed by atoms with Gasteiger partial charge >= 0.3 is 0 Å². The number of carbonyl (C=O) groups excluding carboxylic acids is 1. The van der Waals surface area contributed by atoms with Crippen molar-refractivity contribution in [3.8, 4) is 0 Å². The highest BCUT2D eigenvalue weighted by atomic mass is 16.1. The zero-order valence-electron chi connectivity index (χ0n) is 15.3. The summed E-state index contributed by atoms with van der Waals surface area (Å²) < 4.78 is 0. The van der Waals surface area contributed by atoms with Crippen LogP contribution in [-0.2, 0) is 0 Å². The number of nitrogens with zero attached hydrogens (tertiary/aromatic N) is 1. The second-order valence-electron chi connectivity index (χ2n) is 6.48. The molecule has 0 saturated carbocycles.